The maximum atomic E-state index is 14.0. The highest BCUT2D eigenvalue weighted by Gasteiger charge is 2.15. The van der Waals surface area contributed by atoms with E-state index in [1.54, 1.807) is 47.3 Å². The van der Waals surface area contributed by atoms with Crippen LogP contribution in [0.3, 0.4) is 0 Å². The maximum Gasteiger partial charge on any atom is 0.186 e. The van der Waals surface area contributed by atoms with Gasteiger partial charge in [-0.05, 0) is 24.3 Å². The van der Waals surface area contributed by atoms with Crippen LogP contribution in [-0.2, 0) is 6.54 Å². The lowest BCUT2D eigenvalue weighted by Crippen LogP contribution is -2.01. The third-order valence-corrected chi connectivity index (χ3v) is 4.66. The number of nitrogen functional groups attached to an aromatic ring is 1. The Hall–Kier alpha value is -2.70. The van der Waals surface area contributed by atoms with E-state index in [-0.39, 0.29) is 17.2 Å². The van der Waals surface area contributed by atoms with E-state index in [2.05, 4.69) is 15.1 Å². The van der Waals surface area contributed by atoms with Crippen molar-refractivity contribution in [1.82, 2.24) is 19.7 Å². The van der Waals surface area contributed by atoms with Gasteiger partial charge in [-0.1, -0.05) is 41.4 Å². The average molecular weight is 388 g/mol. The Labute approximate surface area is 158 Å². The zero-order chi connectivity index (χ0) is 18.3. The molecule has 4 rings (SSSR count). The molecule has 0 saturated heterocycles. The summed E-state index contributed by atoms with van der Waals surface area (Å²) in [6, 6.07) is 11.5. The number of aromatic nitrogens is 4. The molecule has 0 fully saturated rings. The predicted molar refractivity (Wildman–Crippen MR) is 101 cm³/mol. The minimum atomic E-state index is -0.423. The summed E-state index contributed by atoms with van der Waals surface area (Å²) in [6.07, 6.45) is 1.72. The fraction of sp³-hybridized carbons (Fsp3) is 0.0556. The molecule has 0 aliphatic rings. The zero-order valence-corrected chi connectivity index (χ0v) is 14.8. The van der Waals surface area contributed by atoms with Gasteiger partial charge in [0.05, 0.1) is 17.5 Å². The van der Waals surface area contributed by atoms with E-state index in [4.69, 9.17) is 28.9 Å². The summed E-state index contributed by atoms with van der Waals surface area (Å²) >= 11 is 12.4. The fourth-order valence-corrected chi connectivity index (χ4v) is 3.18. The molecule has 0 saturated carbocycles. The number of rotatable bonds is 3. The van der Waals surface area contributed by atoms with Crippen molar-refractivity contribution in [3.63, 3.8) is 0 Å². The topological polar surface area (TPSA) is 69.6 Å². The highest BCUT2D eigenvalue weighted by Crippen LogP contribution is 2.27. The maximum absolute atomic E-state index is 14.0. The van der Waals surface area contributed by atoms with Gasteiger partial charge in [0, 0.05) is 21.8 Å². The molecule has 130 valence electrons. The molecular weight excluding hydrogens is 376 g/mol. The Kier molecular flexibility index (Phi) is 4.22. The fourth-order valence-electron chi connectivity index (χ4n) is 2.66. The molecule has 2 aromatic carbocycles. The van der Waals surface area contributed by atoms with Crippen molar-refractivity contribution in [2.75, 3.05) is 5.73 Å². The number of hydrogen-bond acceptors (Lipinski definition) is 4. The quantitative estimate of drug-likeness (QED) is 0.558. The van der Waals surface area contributed by atoms with Gasteiger partial charge in [-0.15, -0.1) is 0 Å². The molecule has 2 N–H and O–H groups in total. The molecule has 5 nitrogen and oxygen atoms in total. The van der Waals surface area contributed by atoms with Gasteiger partial charge >= 0.3 is 0 Å². The van der Waals surface area contributed by atoms with Crippen LogP contribution >= 0.6 is 23.2 Å². The van der Waals surface area contributed by atoms with Crippen LogP contribution in [0.25, 0.3) is 22.4 Å². The van der Waals surface area contributed by atoms with E-state index in [1.807, 2.05) is 0 Å². The molecule has 0 spiro atoms. The SMILES string of the molecule is Nc1nc(-c2ccccc2F)nc2nn(Cc3c(Cl)cccc3Cl)cc12. The van der Waals surface area contributed by atoms with E-state index >= 15 is 0 Å². The predicted octanol–water partition coefficient (Wildman–Crippen LogP) is 4.57. The highest BCUT2D eigenvalue weighted by atomic mass is 35.5. The van der Waals surface area contributed by atoms with Crippen molar-refractivity contribution in [2.24, 2.45) is 0 Å². The second-order valence-electron chi connectivity index (χ2n) is 5.68. The van der Waals surface area contributed by atoms with Gasteiger partial charge < -0.3 is 5.73 Å². The van der Waals surface area contributed by atoms with Gasteiger partial charge in [-0.2, -0.15) is 5.10 Å². The molecule has 26 heavy (non-hydrogen) atoms. The summed E-state index contributed by atoms with van der Waals surface area (Å²) in [5.74, 6) is -0.00702. The van der Waals surface area contributed by atoms with Gasteiger partial charge in [0.2, 0.25) is 0 Å². The van der Waals surface area contributed by atoms with Crippen molar-refractivity contribution in [1.29, 1.82) is 0 Å². The summed E-state index contributed by atoms with van der Waals surface area (Å²) in [7, 11) is 0. The largest absolute Gasteiger partial charge is 0.383 e. The first-order valence-electron chi connectivity index (χ1n) is 7.71. The molecule has 0 unspecified atom stereocenters. The number of anilines is 1. The number of nitrogens with zero attached hydrogens (tertiary/aromatic N) is 4. The van der Waals surface area contributed by atoms with Crippen molar-refractivity contribution >= 4 is 40.1 Å². The summed E-state index contributed by atoms with van der Waals surface area (Å²) < 4.78 is 15.6. The second kappa shape index (κ2) is 6.55. The normalized spacial score (nSPS) is 11.2. The molecule has 0 atom stereocenters. The third kappa shape index (κ3) is 2.98. The first-order valence-corrected chi connectivity index (χ1v) is 8.47. The number of hydrogen-bond donors (Lipinski definition) is 1. The second-order valence-corrected chi connectivity index (χ2v) is 6.49. The number of fused-ring (bicyclic) bond motifs is 1. The lowest BCUT2D eigenvalue weighted by atomic mass is 10.2. The number of nitrogens with two attached hydrogens (primary N) is 1. The summed E-state index contributed by atoms with van der Waals surface area (Å²) in [5, 5.41) is 6.08. The average Bonchev–Trinajstić information content (AvgIpc) is 3.02. The molecule has 4 aromatic rings. The lowest BCUT2D eigenvalue weighted by Gasteiger charge is -2.06. The Bertz CT molecular complexity index is 1110. The summed E-state index contributed by atoms with van der Waals surface area (Å²) in [4.78, 5) is 8.55. The van der Waals surface area contributed by atoms with E-state index in [1.165, 1.54) is 6.07 Å². The van der Waals surface area contributed by atoms with Gasteiger partial charge in [0.1, 0.15) is 11.6 Å². The smallest absolute Gasteiger partial charge is 0.186 e. The highest BCUT2D eigenvalue weighted by molar-refractivity contribution is 6.35. The van der Waals surface area contributed by atoms with Crippen LogP contribution in [0.4, 0.5) is 10.2 Å². The minimum Gasteiger partial charge on any atom is -0.383 e. The summed E-state index contributed by atoms with van der Waals surface area (Å²) in [6.45, 7) is 0.351. The van der Waals surface area contributed by atoms with Crippen LogP contribution in [0.1, 0.15) is 5.56 Å². The molecule has 2 heterocycles. The van der Waals surface area contributed by atoms with E-state index in [0.717, 1.165) is 5.56 Å². The Morgan fingerprint density at radius 1 is 1.00 bits per heavy atom. The van der Waals surface area contributed by atoms with Crippen LogP contribution in [0.2, 0.25) is 10.0 Å². The van der Waals surface area contributed by atoms with Crippen molar-refractivity contribution in [2.45, 2.75) is 6.54 Å². The standard InChI is InChI=1S/C18H12Cl2FN5/c19-13-5-3-6-14(20)11(13)8-26-9-12-16(22)23-17(24-18(12)25-26)10-4-1-2-7-15(10)21/h1-7,9H,8H2,(H2,22,23,24,25). The first-order chi connectivity index (χ1) is 12.5. The minimum absolute atomic E-state index is 0.189. The molecule has 2 aromatic heterocycles. The lowest BCUT2D eigenvalue weighted by molar-refractivity contribution is 0.630. The molecular formula is C18H12Cl2FN5. The Balaban J connectivity index is 1.78. The number of benzene rings is 2. The van der Waals surface area contributed by atoms with Crippen molar-refractivity contribution in [3.05, 3.63) is 70.1 Å². The van der Waals surface area contributed by atoms with E-state index in [0.29, 0.717) is 27.6 Å². The van der Waals surface area contributed by atoms with Crippen LogP contribution in [0.5, 0.6) is 0 Å². The molecule has 0 amide bonds. The molecule has 0 aliphatic carbocycles. The Morgan fingerprint density at radius 3 is 2.46 bits per heavy atom. The van der Waals surface area contributed by atoms with Gasteiger partial charge in [0.25, 0.3) is 0 Å². The van der Waals surface area contributed by atoms with E-state index < -0.39 is 5.82 Å². The molecule has 0 aliphatic heterocycles. The molecule has 0 bridgehead atoms. The van der Waals surface area contributed by atoms with E-state index in [9.17, 15) is 4.39 Å². The van der Waals surface area contributed by atoms with Gasteiger partial charge in [-0.3, -0.25) is 4.68 Å². The van der Waals surface area contributed by atoms with Gasteiger partial charge in [0.15, 0.2) is 11.5 Å². The summed E-state index contributed by atoms with van der Waals surface area (Å²) in [5.41, 5.74) is 7.41. The molecule has 0 radical (unpaired) electrons. The first kappa shape index (κ1) is 16.8. The zero-order valence-electron chi connectivity index (χ0n) is 13.3. The van der Waals surface area contributed by atoms with Gasteiger partial charge in [-0.25, -0.2) is 14.4 Å². The third-order valence-electron chi connectivity index (χ3n) is 3.95. The van der Waals surface area contributed by atoms with Crippen LogP contribution in [0, 0.1) is 5.82 Å². The van der Waals surface area contributed by atoms with Crippen LogP contribution in [-0.4, -0.2) is 19.7 Å². The van der Waals surface area contributed by atoms with Crippen LogP contribution in [0.15, 0.2) is 48.7 Å². The van der Waals surface area contributed by atoms with Crippen molar-refractivity contribution in [3.8, 4) is 11.4 Å². The van der Waals surface area contributed by atoms with Crippen molar-refractivity contribution < 1.29 is 4.39 Å². The number of halogens is 3. The van der Waals surface area contributed by atoms with Crippen LogP contribution < -0.4 is 5.73 Å². The Morgan fingerprint density at radius 2 is 1.73 bits per heavy atom. The monoisotopic (exact) mass is 387 g/mol. The molecule has 8 heteroatoms.